The first-order valence-electron chi connectivity index (χ1n) is 6.65. The second-order valence-corrected chi connectivity index (χ2v) is 5.64. The number of thiazole rings is 1. The average Bonchev–Trinajstić information content (AvgIpc) is 2.81. The van der Waals surface area contributed by atoms with E-state index in [1.165, 1.54) is 30.6 Å². The van der Waals surface area contributed by atoms with Crippen molar-refractivity contribution in [2.45, 2.75) is 19.3 Å². The molecule has 1 saturated heterocycles. The normalized spacial score (nSPS) is 16.3. The van der Waals surface area contributed by atoms with Crippen molar-refractivity contribution in [3.8, 4) is 0 Å². The molecule has 6 nitrogen and oxygen atoms in total. The van der Waals surface area contributed by atoms with Gasteiger partial charge in [0.05, 0.1) is 0 Å². The fourth-order valence-electron chi connectivity index (χ4n) is 2.19. The lowest BCUT2D eigenvalue weighted by molar-refractivity contribution is 0.0951. The number of rotatable bonds is 5. The van der Waals surface area contributed by atoms with Crippen molar-refractivity contribution in [2.24, 2.45) is 0 Å². The molecule has 1 aliphatic heterocycles. The Morgan fingerprint density at radius 1 is 1.42 bits per heavy atom. The molecule has 0 aromatic carbocycles. The molecule has 1 aliphatic rings. The number of nitrogen functional groups attached to an aromatic ring is 1. The Morgan fingerprint density at radius 2 is 2.16 bits per heavy atom. The predicted octanol–water partition coefficient (Wildman–Crippen LogP) is 0.983. The minimum absolute atomic E-state index is 0.131. The summed E-state index contributed by atoms with van der Waals surface area (Å²) < 4.78 is 0. The summed E-state index contributed by atoms with van der Waals surface area (Å²) in [5.41, 5.74) is 5.72. The summed E-state index contributed by atoms with van der Waals surface area (Å²) in [7, 11) is 1.76. The third-order valence-electron chi connectivity index (χ3n) is 3.24. The van der Waals surface area contributed by atoms with Gasteiger partial charge in [-0.05, 0) is 25.9 Å². The molecule has 0 spiro atoms. The lowest BCUT2D eigenvalue weighted by Crippen LogP contribution is -2.37. The van der Waals surface area contributed by atoms with E-state index in [0.717, 1.165) is 19.6 Å². The minimum Gasteiger partial charge on any atom is -0.382 e. The van der Waals surface area contributed by atoms with Crippen LogP contribution in [0.2, 0.25) is 0 Å². The Morgan fingerprint density at radius 3 is 2.79 bits per heavy atom. The zero-order chi connectivity index (χ0) is 13.7. The molecule has 1 amide bonds. The van der Waals surface area contributed by atoms with Gasteiger partial charge in [-0.2, -0.15) is 0 Å². The molecule has 1 aromatic heterocycles. The zero-order valence-electron chi connectivity index (χ0n) is 11.2. The van der Waals surface area contributed by atoms with Crippen LogP contribution in [0.15, 0.2) is 0 Å². The topological polar surface area (TPSA) is 83.3 Å². The van der Waals surface area contributed by atoms with Gasteiger partial charge in [0.1, 0.15) is 10.7 Å². The number of likely N-dealkylation sites (tertiary alicyclic amines) is 1. The lowest BCUT2D eigenvalue weighted by atomic mass is 10.1. The van der Waals surface area contributed by atoms with Crippen LogP contribution in [0.4, 0.5) is 10.9 Å². The van der Waals surface area contributed by atoms with Gasteiger partial charge in [-0.1, -0.05) is 17.8 Å². The molecule has 19 heavy (non-hydrogen) atoms. The van der Waals surface area contributed by atoms with Crippen molar-refractivity contribution in [2.75, 3.05) is 44.3 Å². The van der Waals surface area contributed by atoms with Gasteiger partial charge in [-0.3, -0.25) is 4.79 Å². The van der Waals surface area contributed by atoms with Gasteiger partial charge in [0.15, 0.2) is 5.13 Å². The van der Waals surface area contributed by atoms with Gasteiger partial charge >= 0.3 is 0 Å². The number of carbonyl (C=O) groups is 1. The van der Waals surface area contributed by atoms with E-state index >= 15 is 0 Å². The Labute approximate surface area is 117 Å². The van der Waals surface area contributed by atoms with Crippen LogP contribution >= 0.6 is 11.3 Å². The van der Waals surface area contributed by atoms with Crippen LogP contribution in [0, 0.1) is 0 Å². The van der Waals surface area contributed by atoms with Crippen molar-refractivity contribution in [3.63, 3.8) is 0 Å². The van der Waals surface area contributed by atoms with Gasteiger partial charge in [0.25, 0.3) is 5.91 Å². The smallest absolute Gasteiger partial charge is 0.265 e. The van der Waals surface area contributed by atoms with Gasteiger partial charge in [0, 0.05) is 20.1 Å². The van der Waals surface area contributed by atoms with E-state index in [9.17, 15) is 4.79 Å². The number of nitrogens with one attached hydrogen (secondary N) is 2. The predicted molar refractivity (Wildman–Crippen MR) is 78.7 cm³/mol. The molecule has 0 bridgehead atoms. The highest BCUT2D eigenvalue weighted by Crippen LogP contribution is 2.24. The maximum atomic E-state index is 12.0. The maximum absolute atomic E-state index is 12.0. The molecular formula is C12H21N5OS. The number of nitrogens with zero attached hydrogens (tertiary/aromatic N) is 2. The van der Waals surface area contributed by atoms with E-state index in [0.29, 0.717) is 22.4 Å². The van der Waals surface area contributed by atoms with Crippen molar-refractivity contribution >= 4 is 28.2 Å². The van der Waals surface area contributed by atoms with Gasteiger partial charge in [0.2, 0.25) is 0 Å². The summed E-state index contributed by atoms with van der Waals surface area (Å²) in [6.45, 7) is 3.85. The zero-order valence-corrected chi connectivity index (χ0v) is 12.1. The molecule has 4 N–H and O–H groups in total. The van der Waals surface area contributed by atoms with Gasteiger partial charge in [-0.25, -0.2) is 4.98 Å². The monoisotopic (exact) mass is 283 g/mol. The van der Waals surface area contributed by atoms with E-state index in [1.54, 1.807) is 7.05 Å². The molecule has 1 aromatic rings. The van der Waals surface area contributed by atoms with Crippen molar-refractivity contribution in [1.29, 1.82) is 0 Å². The number of carbonyl (C=O) groups excluding carboxylic acids is 1. The maximum Gasteiger partial charge on any atom is 0.265 e. The molecular weight excluding hydrogens is 262 g/mol. The highest BCUT2D eigenvalue weighted by atomic mass is 32.1. The number of hydrogen-bond acceptors (Lipinski definition) is 6. The van der Waals surface area contributed by atoms with Crippen LogP contribution in [0.3, 0.4) is 0 Å². The first-order valence-corrected chi connectivity index (χ1v) is 7.47. The Kier molecular flexibility index (Phi) is 4.98. The van der Waals surface area contributed by atoms with Crippen molar-refractivity contribution < 1.29 is 4.79 Å². The number of piperidine rings is 1. The number of anilines is 2. The van der Waals surface area contributed by atoms with E-state index in [1.807, 2.05) is 0 Å². The Bertz CT molecular complexity index is 428. The number of aromatic nitrogens is 1. The molecule has 0 atom stereocenters. The second kappa shape index (κ2) is 6.72. The van der Waals surface area contributed by atoms with Crippen molar-refractivity contribution in [1.82, 2.24) is 15.2 Å². The second-order valence-electron chi connectivity index (χ2n) is 4.64. The van der Waals surface area contributed by atoms with Crippen LogP contribution in [0.25, 0.3) is 0 Å². The fourth-order valence-corrected chi connectivity index (χ4v) is 2.95. The van der Waals surface area contributed by atoms with Crippen LogP contribution in [0.5, 0.6) is 0 Å². The summed E-state index contributed by atoms with van der Waals surface area (Å²) in [6.07, 6.45) is 3.86. The third kappa shape index (κ3) is 3.81. The average molecular weight is 283 g/mol. The van der Waals surface area contributed by atoms with Crippen LogP contribution < -0.4 is 16.4 Å². The summed E-state index contributed by atoms with van der Waals surface area (Å²) in [5.74, 6) is 0.165. The molecule has 2 heterocycles. The Balaban J connectivity index is 1.78. The standard InChI is InChI=1S/C12H21N5OS/c1-14-12-16-10(13)9(19-12)11(18)15-5-8-17-6-3-2-4-7-17/h2-8,13H2,1H3,(H,14,16)(H,15,18). The SMILES string of the molecule is CNc1nc(N)c(C(=O)NCCN2CCCCC2)s1. The molecule has 0 unspecified atom stereocenters. The summed E-state index contributed by atoms with van der Waals surface area (Å²) in [4.78, 5) is 18.9. The molecule has 1 fully saturated rings. The highest BCUT2D eigenvalue weighted by Gasteiger charge is 2.16. The lowest BCUT2D eigenvalue weighted by Gasteiger charge is -2.26. The molecule has 2 rings (SSSR count). The number of hydrogen-bond donors (Lipinski definition) is 3. The summed E-state index contributed by atoms with van der Waals surface area (Å²) >= 11 is 1.28. The van der Waals surface area contributed by atoms with Gasteiger partial charge < -0.3 is 21.3 Å². The number of amides is 1. The fraction of sp³-hybridized carbons (Fsp3) is 0.667. The first kappa shape index (κ1) is 14.1. The summed E-state index contributed by atoms with van der Waals surface area (Å²) in [5, 5.41) is 6.46. The van der Waals surface area contributed by atoms with Gasteiger partial charge in [-0.15, -0.1) is 0 Å². The largest absolute Gasteiger partial charge is 0.382 e. The van der Waals surface area contributed by atoms with E-state index < -0.39 is 0 Å². The molecule has 0 radical (unpaired) electrons. The quantitative estimate of drug-likeness (QED) is 0.750. The molecule has 7 heteroatoms. The minimum atomic E-state index is -0.131. The van der Waals surface area contributed by atoms with E-state index in [-0.39, 0.29) is 5.91 Å². The Hall–Kier alpha value is -1.34. The van der Waals surface area contributed by atoms with E-state index in [2.05, 4.69) is 20.5 Å². The number of nitrogens with two attached hydrogens (primary N) is 1. The highest BCUT2D eigenvalue weighted by molar-refractivity contribution is 7.18. The molecule has 106 valence electrons. The van der Waals surface area contributed by atoms with E-state index in [4.69, 9.17) is 5.73 Å². The molecule has 0 saturated carbocycles. The van der Waals surface area contributed by atoms with Crippen LogP contribution in [0.1, 0.15) is 28.9 Å². The van der Waals surface area contributed by atoms with Crippen LogP contribution in [-0.4, -0.2) is 49.0 Å². The van der Waals surface area contributed by atoms with Crippen molar-refractivity contribution in [3.05, 3.63) is 4.88 Å². The summed E-state index contributed by atoms with van der Waals surface area (Å²) in [6, 6.07) is 0. The third-order valence-corrected chi connectivity index (χ3v) is 4.32. The first-order chi connectivity index (χ1) is 9.20. The molecule has 0 aliphatic carbocycles. The van der Waals surface area contributed by atoms with Crippen LogP contribution in [-0.2, 0) is 0 Å².